The topological polar surface area (TPSA) is 102 Å². The quantitative estimate of drug-likeness (QED) is 0.383. The van der Waals surface area contributed by atoms with Gasteiger partial charge in [0.25, 0.3) is 0 Å². The Morgan fingerprint density at radius 3 is 2.41 bits per heavy atom. The van der Waals surface area contributed by atoms with E-state index in [0.717, 1.165) is 7.11 Å². The second-order valence-electron chi connectivity index (χ2n) is 5.53. The molecule has 0 heterocycles. The number of rotatable bonds is 4. The van der Waals surface area contributed by atoms with Crippen LogP contribution in [0, 0.1) is 0 Å². The molecule has 1 aromatic carbocycles. The van der Waals surface area contributed by atoms with Crippen molar-refractivity contribution in [3.05, 3.63) is 23.8 Å². The summed E-state index contributed by atoms with van der Waals surface area (Å²) in [5.41, 5.74) is -0.482. The highest BCUT2D eigenvalue weighted by Crippen LogP contribution is 2.23. The van der Waals surface area contributed by atoms with Crippen molar-refractivity contribution < 1.29 is 29.0 Å². The van der Waals surface area contributed by atoms with Crippen LogP contribution in [0.3, 0.4) is 0 Å². The van der Waals surface area contributed by atoms with Crippen molar-refractivity contribution in [2.24, 2.45) is 0 Å². The first kappa shape index (κ1) is 17.5. The minimum atomic E-state index is -0.713. The van der Waals surface area contributed by atoms with Gasteiger partial charge in [-0.05, 0) is 39.0 Å². The number of phenolic OH excluding ortho intramolecular Hbond substituents is 1. The van der Waals surface area contributed by atoms with Gasteiger partial charge in [0.05, 0.1) is 12.7 Å². The van der Waals surface area contributed by atoms with Gasteiger partial charge in [-0.1, -0.05) is 0 Å². The van der Waals surface area contributed by atoms with Gasteiger partial charge in [-0.3, -0.25) is 14.9 Å². The third kappa shape index (κ3) is 5.43. The molecular weight excluding hydrogens is 290 g/mol. The summed E-state index contributed by atoms with van der Waals surface area (Å²) in [6.07, 6.45) is -1.19. The van der Waals surface area contributed by atoms with Crippen LogP contribution in [0.5, 0.6) is 5.75 Å². The maximum atomic E-state index is 11.9. The largest absolute Gasteiger partial charge is 0.507 e. The number of ether oxygens (including phenoxy) is 2. The Morgan fingerprint density at radius 2 is 1.86 bits per heavy atom. The molecule has 0 atom stereocenters. The van der Waals surface area contributed by atoms with Crippen molar-refractivity contribution in [2.75, 3.05) is 12.4 Å². The summed E-state index contributed by atoms with van der Waals surface area (Å²) in [6, 6.07) is 3.93. The molecule has 0 radical (unpaired) electrons. The maximum absolute atomic E-state index is 11.9. The van der Waals surface area contributed by atoms with Gasteiger partial charge in [-0.2, -0.15) is 0 Å². The molecule has 0 bridgehead atoms. The van der Waals surface area contributed by atoms with E-state index in [1.54, 1.807) is 20.8 Å². The minimum absolute atomic E-state index is 0.0843. The average molecular weight is 309 g/mol. The SMILES string of the molecule is COC(=O)CC(=O)c1cc(NC(=O)OC(C)(C)C)ccc1O. The Kier molecular flexibility index (Phi) is 5.50. The number of benzene rings is 1. The van der Waals surface area contributed by atoms with Crippen molar-refractivity contribution in [1.82, 2.24) is 0 Å². The molecule has 0 saturated heterocycles. The van der Waals surface area contributed by atoms with Gasteiger partial charge in [-0.15, -0.1) is 0 Å². The van der Waals surface area contributed by atoms with E-state index in [0.29, 0.717) is 0 Å². The number of nitrogens with one attached hydrogen (secondary N) is 1. The lowest BCUT2D eigenvalue weighted by atomic mass is 10.1. The standard InChI is InChI=1S/C15H19NO6/c1-15(2,3)22-14(20)16-9-5-6-11(17)10(7-9)12(18)8-13(19)21-4/h5-7,17H,8H2,1-4H3,(H,16,20). The Hall–Kier alpha value is -2.57. The molecule has 0 spiro atoms. The monoisotopic (exact) mass is 309 g/mol. The van der Waals surface area contributed by atoms with Crippen molar-refractivity contribution in [3.8, 4) is 5.75 Å². The van der Waals surface area contributed by atoms with Crippen LogP contribution in [0.2, 0.25) is 0 Å². The number of esters is 1. The molecule has 22 heavy (non-hydrogen) atoms. The Bertz CT molecular complexity index is 588. The third-order valence-corrected chi connectivity index (χ3v) is 2.47. The fraction of sp³-hybridized carbons (Fsp3) is 0.400. The zero-order valence-electron chi connectivity index (χ0n) is 12.9. The van der Waals surface area contributed by atoms with Crippen LogP contribution < -0.4 is 5.32 Å². The molecule has 0 aliphatic heterocycles. The molecule has 0 saturated carbocycles. The van der Waals surface area contributed by atoms with Gasteiger partial charge in [0.2, 0.25) is 0 Å². The zero-order chi connectivity index (χ0) is 16.9. The third-order valence-electron chi connectivity index (χ3n) is 2.47. The normalized spacial score (nSPS) is 10.7. The lowest BCUT2D eigenvalue weighted by Gasteiger charge is -2.19. The number of hydrogen-bond acceptors (Lipinski definition) is 6. The number of anilines is 1. The van der Waals surface area contributed by atoms with Crippen LogP contribution in [0.15, 0.2) is 18.2 Å². The molecule has 2 N–H and O–H groups in total. The highest BCUT2D eigenvalue weighted by Gasteiger charge is 2.19. The highest BCUT2D eigenvalue weighted by atomic mass is 16.6. The highest BCUT2D eigenvalue weighted by molar-refractivity contribution is 6.08. The van der Waals surface area contributed by atoms with E-state index < -0.39 is 29.9 Å². The number of amides is 1. The lowest BCUT2D eigenvalue weighted by Crippen LogP contribution is -2.27. The molecule has 120 valence electrons. The summed E-state index contributed by atoms with van der Waals surface area (Å²) in [7, 11) is 1.16. The molecule has 0 unspecified atom stereocenters. The fourth-order valence-corrected chi connectivity index (χ4v) is 1.56. The first-order valence-corrected chi connectivity index (χ1v) is 6.55. The molecule has 1 aromatic rings. The second kappa shape index (κ2) is 6.93. The minimum Gasteiger partial charge on any atom is -0.507 e. The maximum Gasteiger partial charge on any atom is 0.412 e. The van der Waals surface area contributed by atoms with E-state index >= 15 is 0 Å². The molecule has 7 heteroatoms. The summed E-state index contributed by atoms with van der Waals surface area (Å²) in [5, 5.41) is 12.1. The summed E-state index contributed by atoms with van der Waals surface area (Å²) in [5.74, 6) is -1.62. The van der Waals surface area contributed by atoms with Gasteiger partial charge in [0.15, 0.2) is 5.78 Å². The van der Waals surface area contributed by atoms with E-state index in [-0.39, 0.29) is 17.0 Å². The van der Waals surface area contributed by atoms with Gasteiger partial charge >= 0.3 is 12.1 Å². The van der Waals surface area contributed by atoms with E-state index in [1.165, 1.54) is 18.2 Å². The molecular formula is C15H19NO6. The number of Topliss-reactive ketones (excluding diaryl/α,β-unsaturated/α-hetero) is 1. The van der Waals surface area contributed by atoms with Crippen molar-refractivity contribution in [1.29, 1.82) is 0 Å². The Balaban J connectivity index is 2.88. The van der Waals surface area contributed by atoms with E-state index in [1.807, 2.05) is 0 Å². The number of methoxy groups -OCH3 is 1. The number of hydrogen-bond donors (Lipinski definition) is 2. The number of phenols is 1. The Labute approximate surface area is 128 Å². The van der Waals surface area contributed by atoms with Gasteiger partial charge in [0, 0.05) is 5.69 Å². The lowest BCUT2D eigenvalue weighted by molar-refractivity contribution is -0.139. The average Bonchev–Trinajstić information content (AvgIpc) is 2.38. The smallest absolute Gasteiger partial charge is 0.412 e. The summed E-state index contributed by atoms with van der Waals surface area (Å²) in [4.78, 5) is 34.7. The van der Waals surface area contributed by atoms with Crippen molar-refractivity contribution in [3.63, 3.8) is 0 Å². The molecule has 0 fully saturated rings. The van der Waals surface area contributed by atoms with Crippen molar-refractivity contribution >= 4 is 23.5 Å². The van der Waals surface area contributed by atoms with E-state index in [2.05, 4.69) is 10.1 Å². The molecule has 1 amide bonds. The second-order valence-corrected chi connectivity index (χ2v) is 5.53. The molecule has 1 rings (SSSR count). The van der Waals surface area contributed by atoms with Gasteiger partial charge in [-0.25, -0.2) is 4.79 Å². The van der Waals surface area contributed by atoms with E-state index in [4.69, 9.17) is 4.74 Å². The molecule has 0 aliphatic rings. The van der Waals surface area contributed by atoms with Gasteiger partial charge in [0.1, 0.15) is 17.8 Å². The first-order chi connectivity index (χ1) is 10.1. The number of aromatic hydroxyl groups is 1. The molecule has 0 aliphatic carbocycles. The summed E-state index contributed by atoms with van der Waals surface area (Å²) in [6.45, 7) is 5.15. The first-order valence-electron chi connectivity index (χ1n) is 6.55. The summed E-state index contributed by atoms with van der Waals surface area (Å²) < 4.78 is 9.48. The number of carbonyl (C=O) groups is 3. The predicted octanol–water partition coefficient (Wildman–Crippen LogP) is 2.49. The van der Waals surface area contributed by atoms with E-state index in [9.17, 15) is 19.5 Å². The fourth-order valence-electron chi connectivity index (χ4n) is 1.56. The molecule has 0 aromatic heterocycles. The van der Waals surface area contributed by atoms with Crippen LogP contribution in [-0.4, -0.2) is 35.7 Å². The van der Waals surface area contributed by atoms with Crippen LogP contribution in [-0.2, 0) is 14.3 Å². The zero-order valence-corrected chi connectivity index (χ0v) is 12.9. The van der Waals surface area contributed by atoms with Crippen LogP contribution in [0.25, 0.3) is 0 Å². The van der Waals surface area contributed by atoms with Crippen molar-refractivity contribution in [2.45, 2.75) is 32.8 Å². The van der Waals surface area contributed by atoms with Crippen LogP contribution in [0.4, 0.5) is 10.5 Å². The summed E-state index contributed by atoms with van der Waals surface area (Å²) >= 11 is 0. The van der Waals surface area contributed by atoms with Crippen LogP contribution >= 0.6 is 0 Å². The predicted molar refractivity (Wildman–Crippen MR) is 78.9 cm³/mol. The van der Waals surface area contributed by atoms with Crippen LogP contribution in [0.1, 0.15) is 37.6 Å². The van der Waals surface area contributed by atoms with Gasteiger partial charge < -0.3 is 14.6 Å². The Morgan fingerprint density at radius 1 is 1.23 bits per heavy atom. The number of ketones is 1. The molecule has 7 nitrogen and oxygen atoms in total. The number of carbonyl (C=O) groups excluding carboxylic acids is 3.